The normalized spacial score (nSPS) is 26.3. The molecule has 2 atom stereocenters. The first-order valence-corrected chi connectivity index (χ1v) is 5.94. The Morgan fingerprint density at radius 2 is 2.17 bits per heavy atom. The van der Waals surface area contributed by atoms with E-state index in [9.17, 15) is 9.18 Å². The van der Waals surface area contributed by atoms with Crippen molar-refractivity contribution in [2.45, 2.75) is 12.3 Å². The number of benzene rings is 1. The van der Waals surface area contributed by atoms with Gasteiger partial charge >= 0.3 is 0 Å². The molecule has 0 radical (unpaired) electrons. The number of carbonyl (C=O) groups is 1. The fraction of sp³-hybridized carbons (Fsp3) is 0.214. The van der Waals surface area contributed by atoms with Crippen LogP contribution in [0.25, 0.3) is 0 Å². The fourth-order valence-corrected chi connectivity index (χ4v) is 2.35. The third kappa shape index (κ3) is 2.06. The van der Waals surface area contributed by atoms with E-state index in [1.165, 1.54) is 12.1 Å². The Bertz CT molecular complexity index is 553. The molecule has 0 aromatic heterocycles. The highest BCUT2D eigenvalue weighted by Gasteiger charge is 2.37. The van der Waals surface area contributed by atoms with Crippen molar-refractivity contribution < 1.29 is 9.18 Å². The highest BCUT2D eigenvalue weighted by atomic mass is 35.5. The van der Waals surface area contributed by atoms with Crippen molar-refractivity contribution in [3.05, 3.63) is 58.9 Å². The average molecular weight is 266 g/mol. The van der Waals surface area contributed by atoms with E-state index in [0.717, 1.165) is 0 Å². The van der Waals surface area contributed by atoms with Crippen molar-refractivity contribution in [1.29, 1.82) is 0 Å². The SMILES string of the molecule is CC1(c2ccc(Cl)c(F)c2)C=CC=CC1C(N)=O. The number of nitrogens with two attached hydrogens (primary N) is 1. The largest absolute Gasteiger partial charge is 0.369 e. The molecule has 1 aliphatic rings. The molecule has 2 rings (SSSR count). The van der Waals surface area contributed by atoms with Gasteiger partial charge in [0.15, 0.2) is 0 Å². The Hall–Kier alpha value is -1.61. The number of hydrogen-bond donors (Lipinski definition) is 1. The number of carbonyl (C=O) groups excluding carboxylic acids is 1. The van der Waals surface area contributed by atoms with E-state index in [1.54, 1.807) is 18.2 Å². The van der Waals surface area contributed by atoms with Gasteiger partial charge in [-0.3, -0.25) is 4.79 Å². The maximum Gasteiger partial charge on any atom is 0.225 e. The zero-order valence-corrected chi connectivity index (χ0v) is 10.6. The summed E-state index contributed by atoms with van der Waals surface area (Å²) in [6.07, 6.45) is 7.18. The number of halogens is 2. The van der Waals surface area contributed by atoms with Gasteiger partial charge in [0, 0.05) is 5.41 Å². The fourth-order valence-electron chi connectivity index (χ4n) is 2.23. The molecule has 1 aromatic rings. The highest BCUT2D eigenvalue weighted by molar-refractivity contribution is 6.30. The zero-order valence-electron chi connectivity index (χ0n) is 9.86. The Kier molecular flexibility index (Phi) is 3.26. The predicted molar refractivity (Wildman–Crippen MR) is 69.7 cm³/mol. The van der Waals surface area contributed by atoms with Crippen molar-refractivity contribution in [3.63, 3.8) is 0 Å². The maximum absolute atomic E-state index is 13.5. The van der Waals surface area contributed by atoms with Gasteiger partial charge in [-0.25, -0.2) is 4.39 Å². The number of allylic oxidation sites excluding steroid dienone is 3. The highest BCUT2D eigenvalue weighted by Crippen LogP contribution is 2.37. The van der Waals surface area contributed by atoms with Crippen LogP contribution in [-0.4, -0.2) is 5.91 Å². The monoisotopic (exact) mass is 265 g/mol. The molecule has 0 bridgehead atoms. The summed E-state index contributed by atoms with van der Waals surface area (Å²) in [5.41, 5.74) is 5.43. The average Bonchev–Trinajstić information content (AvgIpc) is 2.32. The summed E-state index contributed by atoms with van der Waals surface area (Å²) < 4.78 is 13.5. The molecule has 0 aliphatic heterocycles. The van der Waals surface area contributed by atoms with E-state index in [2.05, 4.69) is 0 Å². The van der Waals surface area contributed by atoms with Gasteiger partial charge < -0.3 is 5.73 Å². The third-order valence-electron chi connectivity index (χ3n) is 3.35. The standard InChI is InChI=1S/C14H13ClFNO/c1-14(7-3-2-4-10(14)13(17)18)9-5-6-11(15)12(16)8-9/h2-8,10H,1H3,(H2,17,18). The molecule has 1 amide bonds. The van der Waals surface area contributed by atoms with Crippen molar-refractivity contribution >= 4 is 17.5 Å². The summed E-state index contributed by atoms with van der Waals surface area (Å²) in [7, 11) is 0. The second-order valence-corrected chi connectivity index (χ2v) is 4.94. The minimum Gasteiger partial charge on any atom is -0.369 e. The second kappa shape index (κ2) is 4.58. The van der Waals surface area contributed by atoms with Gasteiger partial charge in [-0.1, -0.05) is 48.9 Å². The van der Waals surface area contributed by atoms with Crippen molar-refractivity contribution in [3.8, 4) is 0 Å². The number of primary amides is 1. The topological polar surface area (TPSA) is 43.1 Å². The van der Waals surface area contributed by atoms with Gasteiger partial charge in [-0.15, -0.1) is 0 Å². The zero-order chi connectivity index (χ0) is 13.3. The van der Waals surface area contributed by atoms with Crippen molar-refractivity contribution in [2.75, 3.05) is 0 Å². The third-order valence-corrected chi connectivity index (χ3v) is 3.66. The first kappa shape index (κ1) is 12.8. The molecule has 94 valence electrons. The van der Waals surface area contributed by atoms with Gasteiger partial charge in [-0.05, 0) is 17.7 Å². The van der Waals surface area contributed by atoms with Crippen LogP contribution in [-0.2, 0) is 10.2 Å². The quantitative estimate of drug-likeness (QED) is 0.878. The minimum atomic E-state index is -0.647. The van der Waals surface area contributed by atoms with Crippen LogP contribution in [0.2, 0.25) is 5.02 Å². The molecule has 0 saturated heterocycles. The Morgan fingerprint density at radius 3 is 2.78 bits per heavy atom. The van der Waals surface area contributed by atoms with Crippen molar-refractivity contribution in [2.24, 2.45) is 11.7 Å². The van der Waals surface area contributed by atoms with E-state index in [1.807, 2.05) is 19.1 Å². The van der Waals surface area contributed by atoms with E-state index in [0.29, 0.717) is 5.56 Å². The predicted octanol–water partition coefficient (Wildman–Crippen LogP) is 2.96. The first-order chi connectivity index (χ1) is 8.45. The molecule has 2 nitrogen and oxygen atoms in total. The van der Waals surface area contributed by atoms with Crippen LogP contribution in [0.15, 0.2) is 42.5 Å². The van der Waals surface area contributed by atoms with Crippen LogP contribution in [0.1, 0.15) is 12.5 Å². The van der Waals surface area contributed by atoms with Crippen LogP contribution in [0.4, 0.5) is 4.39 Å². The summed E-state index contributed by atoms with van der Waals surface area (Å²) in [6.45, 7) is 1.85. The van der Waals surface area contributed by atoms with Gasteiger partial charge in [0.05, 0.1) is 10.9 Å². The summed E-state index contributed by atoms with van der Waals surface area (Å²) in [6, 6.07) is 4.55. The summed E-state index contributed by atoms with van der Waals surface area (Å²) in [5.74, 6) is -1.43. The van der Waals surface area contributed by atoms with E-state index in [4.69, 9.17) is 17.3 Å². The molecule has 1 aliphatic carbocycles. The molecule has 18 heavy (non-hydrogen) atoms. The number of rotatable bonds is 2. The first-order valence-electron chi connectivity index (χ1n) is 5.56. The minimum absolute atomic E-state index is 0.0632. The second-order valence-electron chi connectivity index (χ2n) is 4.54. The van der Waals surface area contributed by atoms with E-state index in [-0.39, 0.29) is 5.02 Å². The van der Waals surface area contributed by atoms with Crippen LogP contribution < -0.4 is 5.73 Å². The molecule has 2 unspecified atom stereocenters. The van der Waals surface area contributed by atoms with Gasteiger partial charge in [-0.2, -0.15) is 0 Å². The van der Waals surface area contributed by atoms with Crippen LogP contribution in [0.5, 0.6) is 0 Å². The maximum atomic E-state index is 13.5. The molecule has 0 spiro atoms. The lowest BCUT2D eigenvalue weighted by Crippen LogP contribution is -2.39. The molecular weight excluding hydrogens is 253 g/mol. The smallest absolute Gasteiger partial charge is 0.225 e. The van der Waals surface area contributed by atoms with Crippen molar-refractivity contribution in [1.82, 2.24) is 0 Å². The van der Waals surface area contributed by atoms with Gasteiger partial charge in [0.25, 0.3) is 0 Å². The summed E-state index contributed by atoms with van der Waals surface area (Å²) in [4.78, 5) is 11.5. The number of amides is 1. The van der Waals surface area contributed by atoms with Gasteiger partial charge in [0.1, 0.15) is 5.82 Å². The summed E-state index contributed by atoms with van der Waals surface area (Å²) >= 11 is 5.67. The molecule has 0 saturated carbocycles. The molecule has 4 heteroatoms. The molecule has 0 heterocycles. The Balaban J connectivity index is 2.51. The lowest BCUT2D eigenvalue weighted by atomic mass is 9.69. The van der Waals surface area contributed by atoms with Gasteiger partial charge in [0.2, 0.25) is 5.91 Å². The van der Waals surface area contributed by atoms with Crippen LogP contribution >= 0.6 is 11.6 Å². The van der Waals surface area contributed by atoms with E-state index < -0.39 is 23.1 Å². The Morgan fingerprint density at radius 1 is 1.44 bits per heavy atom. The lowest BCUT2D eigenvalue weighted by molar-refractivity contribution is -0.121. The molecule has 0 fully saturated rings. The number of hydrogen-bond acceptors (Lipinski definition) is 1. The van der Waals surface area contributed by atoms with Crippen LogP contribution in [0, 0.1) is 11.7 Å². The van der Waals surface area contributed by atoms with E-state index >= 15 is 0 Å². The summed E-state index contributed by atoms with van der Waals surface area (Å²) in [5, 5.41) is 0.0632. The molecule has 1 aromatic carbocycles. The lowest BCUT2D eigenvalue weighted by Gasteiger charge is -2.33. The Labute approximate surface area is 110 Å². The van der Waals surface area contributed by atoms with Crippen LogP contribution in [0.3, 0.4) is 0 Å². The molecular formula is C14H13ClFNO. The molecule has 2 N–H and O–H groups in total.